The summed E-state index contributed by atoms with van der Waals surface area (Å²) < 4.78 is 44.1. The molecule has 198 valence electrons. The second-order valence-corrected chi connectivity index (χ2v) is 10.8. The number of halogens is 2. The number of anilines is 2. The fraction of sp³-hybridized carbons (Fsp3) is 0.538. The van der Waals surface area contributed by atoms with Crippen molar-refractivity contribution in [3.8, 4) is 5.88 Å². The zero-order chi connectivity index (χ0) is 26.6. The summed E-state index contributed by atoms with van der Waals surface area (Å²) >= 11 is 0. The number of rotatable bonds is 7. The van der Waals surface area contributed by atoms with Gasteiger partial charge in [-0.25, -0.2) is 18.3 Å². The highest BCUT2D eigenvalue weighted by Crippen LogP contribution is 2.52. The number of aryl methyl sites for hydroxylation is 1. The van der Waals surface area contributed by atoms with Crippen LogP contribution in [0.5, 0.6) is 5.88 Å². The summed E-state index contributed by atoms with van der Waals surface area (Å²) in [6, 6.07) is 10.4. The van der Waals surface area contributed by atoms with Gasteiger partial charge in [-0.05, 0) is 49.4 Å². The van der Waals surface area contributed by atoms with E-state index >= 15 is 0 Å². The highest BCUT2D eigenvalue weighted by atomic mass is 32.2. The number of pyridine rings is 1. The maximum atomic E-state index is 13.6. The van der Waals surface area contributed by atoms with E-state index in [-0.39, 0.29) is 28.9 Å². The Kier molecular flexibility index (Phi) is 9.05. The van der Waals surface area contributed by atoms with Crippen LogP contribution in [0.25, 0.3) is 0 Å². The zero-order valence-corrected chi connectivity index (χ0v) is 22.6. The van der Waals surface area contributed by atoms with E-state index in [0.29, 0.717) is 5.69 Å². The van der Waals surface area contributed by atoms with Crippen molar-refractivity contribution in [2.75, 3.05) is 29.6 Å². The molecule has 0 bridgehead atoms. The molecule has 2 fully saturated rings. The molecule has 1 aliphatic heterocycles. The number of amides is 2. The Morgan fingerprint density at radius 2 is 1.83 bits per heavy atom. The van der Waals surface area contributed by atoms with Gasteiger partial charge in [0.1, 0.15) is 5.69 Å². The molecule has 7 nitrogen and oxygen atoms in total. The highest BCUT2D eigenvalue weighted by Gasteiger charge is 2.55. The van der Waals surface area contributed by atoms with Crippen LogP contribution in [0.15, 0.2) is 36.4 Å². The van der Waals surface area contributed by atoms with Crippen molar-refractivity contribution >= 4 is 28.4 Å². The summed E-state index contributed by atoms with van der Waals surface area (Å²) in [7, 11) is -0.992. The maximum Gasteiger partial charge on any atom is 0.388 e. The average Bonchev–Trinajstić information content (AvgIpc) is 2.77. The van der Waals surface area contributed by atoms with Crippen LogP contribution in [0.4, 0.5) is 25.0 Å². The Balaban J connectivity index is 0.00000176. The summed E-state index contributed by atoms with van der Waals surface area (Å²) in [6.07, 6.45) is 3.25. The third-order valence-corrected chi connectivity index (χ3v) is 7.55. The second kappa shape index (κ2) is 11.6. The standard InChI is InChI=1S/C24H30F2N4O3S.C2H6/c1-15(2)18-7-5-6-8-20(18)30(17-11-24(12-17)13-29(14-24)34(4)32)23(31)28-19-10-9-16(3)27-21(19)33-22(25)26;1-2/h5-10,15,17,22H,11-14H2,1-4H3,(H,28,31);1-2H3. The van der Waals surface area contributed by atoms with Crippen molar-refractivity contribution < 1.29 is 22.5 Å². The average molecular weight is 523 g/mol. The number of nitrogens with zero attached hydrogens (tertiary/aromatic N) is 3. The normalized spacial score (nSPS) is 17.6. The molecule has 1 saturated heterocycles. The minimum Gasteiger partial charge on any atom is -0.415 e. The maximum absolute atomic E-state index is 13.6. The Hall–Kier alpha value is -2.59. The monoisotopic (exact) mass is 522 g/mol. The minimum absolute atomic E-state index is 0.0646. The third kappa shape index (κ3) is 6.03. The SMILES string of the molecule is CC.Cc1ccc(NC(=O)N(c2ccccc2C(C)C)C2CC3(C2)CN(S(C)=O)C3)c(OC(F)F)n1. The molecule has 10 heteroatoms. The number of urea groups is 1. The lowest BCUT2D eigenvalue weighted by atomic mass is 9.61. The zero-order valence-electron chi connectivity index (χ0n) is 21.8. The molecular formula is C26H36F2N4O3S. The molecule has 2 heterocycles. The molecule has 1 unspecified atom stereocenters. The molecule has 1 saturated carbocycles. The minimum atomic E-state index is -3.06. The van der Waals surface area contributed by atoms with E-state index in [1.165, 1.54) is 6.07 Å². The lowest BCUT2D eigenvalue weighted by molar-refractivity contribution is -0.0524. The fourth-order valence-electron chi connectivity index (χ4n) is 4.91. The quantitative estimate of drug-likeness (QED) is 0.489. The van der Waals surface area contributed by atoms with Crippen LogP contribution < -0.4 is 15.0 Å². The smallest absolute Gasteiger partial charge is 0.388 e. The molecule has 4 rings (SSSR count). The molecule has 2 amide bonds. The molecule has 1 atom stereocenters. The van der Waals surface area contributed by atoms with Crippen LogP contribution >= 0.6 is 0 Å². The van der Waals surface area contributed by atoms with Crippen molar-refractivity contribution in [1.29, 1.82) is 0 Å². The lowest BCUT2D eigenvalue weighted by Gasteiger charge is -2.60. The van der Waals surface area contributed by atoms with E-state index in [9.17, 15) is 17.8 Å². The van der Waals surface area contributed by atoms with Crippen molar-refractivity contribution in [2.24, 2.45) is 5.41 Å². The molecule has 1 aromatic heterocycles. The first-order chi connectivity index (χ1) is 17.1. The molecule has 2 aromatic rings. The van der Waals surface area contributed by atoms with Gasteiger partial charge in [0, 0.05) is 42.2 Å². The van der Waals surface area contributed by atoms with Gasteiger partial charge in [-0.3, -0.25) is 4.90 Å². The fourth-order valence-corrected chi connectivity index (χ4v) is 5.82. The van der Waals surface area contributed by atoms with Crippen LogP contribution in [-0.2, 0) is 11.0 Å². The first-order valence-corrected chi connectivity index (χ1v) is 13.8. The molecular weight excluding hydrogens is 486 g/mol. The van der Waals surface area contributed by atoms with Gasteiger partial charge in [0.25, 0.3) is 0 Å². The van der Waals surface area contributed by atoms with Crippen molar-refractivity contribution in [2.45, 2.75) is 66.0 Å². The van der Waals surface area contributed by atoms with E-state index in [1.807, 2.05) is 42.4 Å². The van der Waals surface area contributed by atoms with Crippen molar-refractivity contribution in [3.05, 3.63) is 47.7 Å². The summed E-state index contributed by atoms with van der Waals surface area (Å²) in [6.45, 7) is 8.24. The Morgan fingerprint density at radius 3 is 2.42 bits per heavy atom. The van der Waals surface area contributed by atoms with Gasteiger partial charge < -0.3 is 10.1 Å². The van der Waals surface area contributed by atoms with Gasteiger partial charge in [-0.15, -0.1) is 0 Å². The predicted molar refractivity (Wildman–Crippen MR) is 140 cm³/mol. The molecule has 1 aromatic carbocycles. The van der Waals surface area contributed by atoms with E-state index < -0.39 is 23.6 Å². The van der Waals surface area contributed by atoms with Gasteiger partial charge in [-0.2, -0.15) is 8.78 Å². The summed E-state index contributed by atoms with van der Waals surface area (Å²) in [5.41, 5.74) is 2.47. The number of carbonyl (C=O) groups is 1. The first kappa shape index (κ1) is 28.0. The number of hydrogen-bond acceptors (Lipinski definition) is 4. The van der Waals surface area contributed by atoms with Gasteiger partial charge in [-0.1, -0.05) is 45.9 Å². The molecule has 36 heavy (non-hydrogen) atoms. The molecule has 2 aliphatic rings. The van der Waals surface area contributed by atoms with Gasteiger partial charge >= 0.3 is 12.6 Å². The Bertz CT molecular complexity index is 1080. The number of alkyl halides is 2. The molecule has 1 spiro atoms. The van der Waals surface area contributed by atoms with Gasteiger partial charge in [0.05, 0.1) is 11.0 Å². The molecule has 0 radical (unpaired) electrons. The number of nitrogens with one attached hydrogen (secondary N) is 1. The van der Waals surface area contributed by atoms with Crippen molar-refractivity contribution in [1.82, 2.24) is 9.29 Å². The van der Waals surface area contributed by atoms with Crippen LogP contribution in [0.2, 0.25) is 0 Å². The topological polar surface area (TPSA) is 74.8 Å². The molecule has 1 aliphatic carbocycles. The Labute approximate surface area is 214 Å². The van der Waals surface area contributed by atoms with Crippen LogP contribution in [0.1, 0.15) is 57.7 Å². The largest absolute Gasteiger partial charge is 0.415 e. The highest BCUT2D eigenvalue weighted by molar-refractivity contribution is 7.81. The van der Waals surface area contributed by atoms with Crippen LogP contribution in [-0.4, -0.2) is 51.5 Å². The first-order valence-electron chi connectivity index (χ1n) is 12.3. The van der Waals surface area contributed by atoms with Crippen LogP contribution in [0.3, 0.4) is 0 Å². The predicted octanol–water partition coefficient (Wildman–Crippen LogP) is 5.94. The number of ether oxygens (including phenoxy) is 1. The number of carbonyl (C=O) groups excluding carboxylic acids is 1. The number of hydrogen-bond donors (Lipinski definition) is 1. The number of para-hydroxylation sites is 1. The summed E-state index contributed by atoms with van der Waals surface area (Å²) in [5, 5.41) is 2.75. The van der Waals surface area contributed by atoms with Gasteiger partial charge in [0.15, 0.2) is 0 Å². The van der Waals surface area contributed by atoms with Crippen molar-refractivity contribution in [3.63, 3.8) is 0 Å². The lowest BCUT2D eigenvalue weighted by Crippen LogP contribution is -2.67. The van der Waals surface area contributed by atoms with E-state index in [1.54, 1.807) is 24.1 Å². The molecule has 1 N–H and O–H groups in total. The van der Waals surface area contributed by atoms with E-state index in [4.69, 9.17) is 0 Å². The number of benzene rings is 1. The summed E-state index contributed by atoms with van der Waals surface area (Å²) in [5.74, 6) is -0.133. The van der Waals surface area contributed by atoms with Gasteiger partial charge in [0.2, 0.25) is 5.88 Å². The van der Waals surface area contributed by atoms with Crippen LogP contribution in [0, 0.1) is 12.3 Å². The second-order valence-electron chi connectivity index (χ2n) is 9.48. The Morgan fingerprint density at radius 1 is 1.19 bits per heavy atom. The third-order valence-electron chi connectivity index (χ3n) is 6.57. The van der Waals surface area contributed by atoms with E-state index in [2.05, 4.69) is 28.9 Å². The summed E-state index contributed by atoms with van der Waals surface area (Å²) in [4.78, 5) is 19.4. The van der Waals surface area contributed by atoms with E-state index in [0.717, 1.165) is 37.2 Å². The number of aromatic nitrogens is 1.